The molecule has 2 aromatic rings. The molecule has 2 aromatic carbocycles. The highest BCUT2D eigenvalue weighted by molar-refractivity contribution is 9.09. The van der Waals surface area contributed by atoms with Crippen molar-refractivity contribution in [3.63, 3.8) is 0 Å². The molecule has 5 N–H and O–H groups in total. The van der Waals surface area contributed by atoms with Gasteiger partial charge >= 0.3 is 11.9 Å². The summed E-state index contributed by atoms with van der Waals surface area (Å²) >= 11 is 12.5. The molecule has 58 heavy (non-hydrogen) atoms. The van der Waals surface area contributed by atoms with Crippen LogP contribution in [0.2, 0.25) is 0 Å². The van der Waals surface area contributed by atoms with Gasteiger partial charge in [0.25, 0.3) is 0 Å². The molecule has 0 saturated carbocycles. The van der Waals surface area contributed by atoms with Crippen molar-refractivity contribution in [3.8, 4) is 0 Å². The average molecular weight is 970 g/mol. The van der Waals surface area contributed by atoms with Crippen molar-refractivity contribution in [1.82, 2.24) is 0 Å². The summed E-state index contributed by atoms with van der Waals surface area (Å²) in [7, 11) is -2.59. The number of carbonyl (C=O) groups excluding carboxylic acids is 1. The first kappa shape index (κ1) is 55.8. The van der Waals surface area contributed by atoms with E-state index in [1.54, 1.807) is 36.4 Å². The van der Waals surface area contributed by atoms with Crippen molar-refractivity contribution in [2.45, 2.75) is 0 Å². The summed E-state index contributed by atoms with van der Waals surface area (Å²) in [6.07, 6.45) is 0. The Balaban J connectivity index is 0.000000952. The molecule has 0 amide bonds. The van der Waals surface area contributed by atoms with Crippen LogP contribution in [-0.2, 0) is 90.9 Å². The molecule has 334 valence electrons. The van der Waals surface area contributed by atoms with Gasteiger partial charge in [-0.2, -0.15) is 0 Å². The monoisotopic (exact) mass is 968 g/mol. The van der Waals surface area contributed by atoms with Crippen LogP contribution < -0.4 is 11.5 Å². The third-order valence-electron chi connectivity index (χ3n) is 6.54. The van der Waals surface area contributed by atoms with Gasteiger partial charge in [-0.1, -0.05) is 15.9 Å². The lowest BCUT2D eigenvalue weighted by molar-refractivity contribution is -0.00797. The maximum atomic E-state index is 11.7. The van der Waals surface area contributed by atoms with Crippen LogP contribution in [0.4, 0.5) is 11.4 Å². The van der Waals surface area contributed by atoms with Crippen molar-refractivity contribution in [2.75, 3.05) is 148 Å². The first-order chi connectivity index (χ1) is 27.8. The topological polar surface area (TPSA) is 242 Å². The molecule has 0 aliphatic rings. The van der Waals surface area contributed by atoms with Gasteiger partial charge in [-0.3, -0.25) is 8.37 Å². The molecule has 23 heteroatoms. The van der Waals surface area contributed by atoms with Crippen molar-refractivity contribution in [1.29, 1.82) is 0 Å². The summed E-state index contributed by atoms with van der Waals surface area (Å²) in [4.78, 5) is 22.0. The zero-order valence-corrected chi connectivity index (χ0v) is 37.6. The minimum Gasteiger partial charge on any atom is -0.478 e. The highest BCUT2D eigenvalue weighted by Crippen LogP contribution is 2.07. The molecule has 0 heterocycles. The van der Waals surface area contributed by atoms with Gasteiger partial charge in [-0.25, -0.2) is 18.0 Å². The average Bonchev–Trinajstić information content (AvgIpc) is 3.20. The minimum absolute atomic E-state index is 0.164. The number of aromatic carboxylic acids is 1. The van der Waals surface area contributed by atoms with E-state index in [0.29, 0.717) is 108 Å². The Hall–Kier alpha value is -2.20. The molecule has 2 rings (SSSR count). The van der Waals surface area contributed by atoms with Gasteiger partial charge in [-0.15, -0.1) is 0 Å². The standard InChI is InChI=1S/C18H29NO8S2.C10H21BrO6S2.C7H7NO2/c1-22-29(21,28)15-14-26-11-10-24-7-6-23-8-9-25-12-13-27-18(20)16-2-4-17(19)5-3-16;1-13-19(12,18)9-8-16-5-4-14-2-3-15-6-7-17-10-11;8-6-3-1-5(2-4-6)7(9)10/h2-5H,6-15,19H2,1H3;2-10H2,1H3;1-4H,8H2,(H,9,10). The van der Waals surface area contributed by atoms with Gasteiger partial charge in [-0.05, 0) is 48.5 Å². The second-order valence-corrected chi connectivity index (χ2v) is 18.1. The molecule has 0 aromatic heterocycles. The number of carboxylic acid groups (broad SMARTS) is 1. The molecule has 2 atom stereocenters. The number of hydrogen-bond acceptors (Lipinski definition) is 19. The number of halogens is 1. The van der Waals surface area contributed by atoms with Gasteiger partial charge < -0.3 is 59.2 Å². The molecule has 0 spiro atoms. The Morgan fingerprint density at radius 1 is 0.534 bits per heavy atom. The highest BCUT2D eigenvalue weighted by atomic mass is 79.9. The van der Waals surface area contributed by atoms with Crippen LogP contribution in [0.5, 0.6) is 0 Å². The van der Waals surface area contributed by atoms with Crippen LogP contribution in [-0.4, -0.2) is 162 Å². The fourth-order valence-electron chi connectivity index (χ4n) is 3.49. The molecular formula is C35H57BrN2O16S4. The summed E-state index contributed by atoms with van der Waals surface area (Å²) in [5, 5.41) is 8.43. The summed E-state index contributed by atoms with van der Waals surface area (Å²) in [6, 6.07) is 12.6. The number of benzene rings is 2. The number of nitrogens with two attached hydrogens (primary N) is 2. The van der Waals surface area contributed by atoms with Crippen LogP contribution in [0.15, 0.2) is 48.5 Å². The summed E-state index contributed by atoms with van der Waals surface area (Å²) in [6.45, 7) is 6.52. The molecule has 0 aliphatic carbocycles. The number of carbonyl (C=O) groups is 2. The molecular weight excluding hydrogens is 913 g/mol. The Morgan fingerprint density at radius 3 is 1.14 bits per heavy atom. The smallest absolute Gasteiger partial charge is 0.338 e. The Labute approximate surface area is 359 Å². The zero-order chi connectivity index (χ0) is 43.3. The van der Waals surface area contributed by atoms with Crippen LogP contribution in [0.1, 0.15) is 20.7 Å². The van der Waals surface area contributed by atoms with E-state index in [9.17, 15) is 18.0 Å². The largest absolute Gasteiger partial charge is 0.478 e. The van der Waals surface area contributed by atoms with E-state index in [-0.39, 0.29) is 36.9 Å². The predicted octanol–water partition coefficient (Wildman–Crippen LogP) is 2.48. The molecule has 0 fully saturated rings. The third-order valence-corrected chi connectivity index (χ3v) is 11.0. The second-order valence-electron chi connectivity index (χ2n) is 10.8. The van der Waals surface area contributed by atoms with E-state index in [4.69, 9.17) is 70.4 Å². The third kappa shape index (κ3) is 34.6. The molecule has 18 nitrogen and oxygen atoms in total. The zero-order valence-electron chi connectivity index (χ0n) is 32.8. The summed E-state index contributed by atoms with van der Waals surface area (Å²) in [5.41, 5.74) is 13.3. The lowest BCUT2D eigenvalue weighted by Gasteiger charge is -2.08. The van der Waals surface area contributed by atoms with Gasteiger partial charge in [0.15, 0.2) is 0 Å². The van der Waals surface area contributed by atoms with Gasteiger partial charge in [0, 0.05) is 33.8 Å². The normalized spacial score (nSPS) is 12.9. The minimum atomic E-state index is -2.65. The predicted molar refractivity (Wildman–Crippen MR) is 229 cm³/mol. The molecule has 0 aliphatic heterocycles. The van der Waals surface area contributed by atoms with E-state index in [0.717, 1.165) is 0 Å². The maximum absolute atomic E-state index is 11.7. The lowest BCUT2D eigenvalue weighted by atomic mass is 10.2. The summed E-state index contributed by atoms with van der Waals surface area (Å²) in [5.74, 6) is -0.944. The van der Waals surface area contributed by atoms with E-state index < -0.39 is 29.5 Å². The van der Waals surface area contributed by atoms with Gasteiger partial charge in [0.05, 0.1) is 136 Å². The fourth-order valence-corrected chi connectivity index (χ4v) is 5.10. The number of ether oxygens (including phenoxy) is 9. The fraction of sp³-hybridized carbons (Fsp3) is 0.600. The van der Waals surface area contributed by atoms with E-state index in [1.165, 1.54) is 26.4 Å². The van der Waals surface area contributed by atoms with Crippen LogP contribution in [0, 0.1) is 0 Å². The van der Waals surface area contributed by atoms with E-state index >= 15 is 0 Å². The van der Waals surface area contributed by atoms with E-state index in [2.05, 4.69) is 35.5 Å². The van der Waals surface area contributed by atoms with E-state index in [1.807, 2.05) is 0 Å². The molecule has 0 radical (unpaired) electrons. The SMILES string of the molecule is COS(=O)(=S)CCOCCOCCOCCOCBr.COS(=O)(=S)CCOCCOCCOCCOCCOC(=O)c1ccc(N)cc1.Nc1ccc(C(=O)O)cc1. The number of nitrogen functional groups attached to an aromatic ring is 2. The first-order valence-corrected chi connectivity index (χ1v) is 23.9. The van der Waals surface area contributed by atoms with Gasteiger partial charge in [0.2, 0.25) is 0 Å². The highest BCUT2D eigenvalue weighted by Gasteiger charge is 2.07. The Kier molecular flexibility index (Phi) is 35.2. The number of carboxylic acids is 1. The second kappa shape index (κ2) is 36.6. The molecule has 0 saturated heterocycles. The first-order valence-electron chi connectivity index (χ1n) is 17.6. The number of alkyl halides is 1. The number of hydrogen-bond donors (Lipinski definition) is 3. The summed E-state index contributed by atoms with van der Waals surface area (Å²) < 4.78 is 79.1. The van der Waals surface area contributed by atoms with Crippen molar-refractivity contribution >= 4 is 79.2 Å². The Morgan fingerprint density at radius 2 is 0.828 bits per heavy atom. The molecule has 2 unspecified atom stereocenters. The van der Waals surface area contributed by atoms with Crippen molar-refractivity contribution < 1.29 is 74.1 Å². The number of anilines is 2. The maximum Gasteiger partial charge on any atom is 0.338 e. The quantitative estimate of drug-likeness (QED) is 0.0413. The molecule has 0 bridgehead atoms. The van der Waals surface area contributed by atoms with Crippen molar-refractivity contribution in [2.24, 2.45) is 0 Å². The number of esters is 1. The van der Waals surface area contributed by atoms with Crippen LogP contribution in [0.25, 0.3) is 0 Å². The van der Waals surface area contributed by atoms with Gasteiger partial charge in [0.1, 0.15) is 29.7 Å². The lowest BCUT2D eigenvalue weighted by Crippen LogP contribution is -2.16. The van der Waals surface area contributed by atoms with Crippen molar-refractivity contribution in [3.05, 3.63) is 59.7 Å². The van der Waals surface area contributed by atoms with Crippen LogP contribution in [0.3, 0.4) is 0 Å². The number of rotatable bonds is 32. The Bertz CT molecular complexity index is 1540. The van der Waals surface area contributed by atoms with Crippen LogP contribution >= 0.6 is 15.9 Å².